The SMILES string of the molecule is CC.CC(C)N1C[C@H](CO)N(C)CC1C. The van der Waals surface area contributed by atoms with Gasteiger partial charge in [0, 0.05) is 31.2 Å². The summed E-state index contributed by atoms with van der Waals surface area (Å²) >= 11 is 0. The van der Waals surface area contributed by atoms with E-state index in [1.807, 2.05) is 13.8 Å². The van der Waals surface area contributed by atoms with Crippen LogP contribution < -0.4 is 0 Å². The summed E-state index contributed by atoms with van der Waals surface area (Å²) in [5.74, 6) is 0. The number of aliphatic hydroxyl groups excluding tert-OH is 1. The molecule has 1 fully saturated rings. The van der Waals surface area contributed by atoms with Crippen molar-refractivity contribution in [2.75, 3.05) is 26.7 Å². The van der Waals surface area contributed by atoms with Crippen molar-refractivity contribution in [3.05, 3.63) is 0 Å². The molecule has 2 atom stereocenters. The van der Waals surface area contributed by atoms with Crippen LogP contribution in [0.3, 0.4) is 0 Å². The van der Waals surface area contributed by atoms with E-state index >= 15 is 0 Å². The fourth-order valence-corrected chi connectivity index (χ4v) is 2.15. The second-order valence-corrected chi connectivity index (χ2v) is 4.42. The first-order chi connectivity index (χ1) is 7.06. The molecule has 1 heterocycles. The molecule has 0 saturated carbocycles. The molecule has 0 aromatic rings. The Labute approximate surface area is 95.1 Å². The summed E-state index contributed by atoms with van der Waals surface area (Å²) in [5, 5.41) is 9.18. The number of likely N-dealkylation sites (N-methyl/N-ethyl adjacent to an activating group) is 1. The van der Waals surface area contributed by atoms with Gasteiger partial charge in [-0.3, -0.25) is 9.80 Å². The molecular weight excluding hydrogens is 188 g/mol. The van der Waals surface area contributed by atoms with Gasteiger partial charge in [0.1, 0.15) is 0 Å². The number of nitrogens with zero attached hydrogens (tertiary/aromatic N) is 2. The van der Waals surface area contributed by atoms with Gasteiger partial charge in [-0.1, -0.05) is 13.8 Å². The zero-order valence-electron chi connectivity index (χ0n) is 11.2. The minimum absolute atomic E-state index is 0.270. The van der Waals surface area contributed by atoms with Crippen molar-refractivity contribution in [3.8, 4) is 0 Å². The van der Waals surface area contributed by atoms with Gasteiger partial charge in [0.05, 0.1) is 6.61 Å². The van der Waals surface area contributed by atoms with Gasteiger partial charge in [-0.15, -0.1) is 0 Å². The molecule has 3 heteroatoms. The molecule has 1 rings (SSSR count). The molecule has 0 amide bonds. The first-order valence-corrected chi connectivity index (χ1v) is 6.13. The molecule has 3 nitrogen and oxygen atoms in total. The van der Waals surface area contributed by atoms with Crippen molar-refractivity contribution in [2.45, 2.75) is 52.7 Å². The van der Waals surface area contributed by atoms with Crippen LogP contribution in [0.1, 0.15) is 34.6 Å². The summed E-state index contributed by atoms with van der Waals surface area (Å²) in [7, 11) is 2.09. The second kappa shape index (κ2) is 7.20. The zero-order valence-corrected chi connectivity index (χ0v) is 11.2. The highest BCUT2D eigenvalue weighted by Crippen LogP contribution is 2.15. The second-order valence-electron chi connectivity index (χ2n) is 4.42. The summed E-state index contributed by atoms with van der Waals surface area (Å²) in [6, 6.07) is 1.50. The maximum atomic E-state index is 9.18. The predicted molar refractivity (Wildman–Crippen MR) is 66.2 cm³/mol. The lowest BCUT2D eigenvalue weighted by Gasteiger charge is -2.45. The number of rotatable bonds is 2. The van der Waals surface area contributed by atoms with E-state index in [9.17, 15) is 5.11 Å². The largest absolute Gasteiger partial charge is 0.395 e. The van der Waals surface area contributed by atoms with Crippen LogP contribution in [0.25, 0.3) is 0 Å². The highest BCUT2D eigenvalue weighted by Gasteiger charge is 2.29. The van der Waals surface area contributed by atoms with Gasteiger partial charge >= 0.3 is 0 Å². The van der Waals surface area contributed by atoms with E-state index in [0.29, 0.717) is 18.1 Å². The van der Waals surface area contributed by atoms with Crippen molar-refractivity contribution >= 4 is 0 Å². The highest BCUT2D eigenvalue weighted by molar-refractivity contribution is 4.86. The van der Waals surface area contributed by atoms with E-state index in [0.717, 1.165) is 13.1 Å². The average Bonchev–Trinajstić information content (AvgIpc) is 2.20. The lowest BCUT2D eigenvalue weighted by atomic mass is 10.1. The summed E-state index contributed by atoms with van der Waals surface area (Å²) in [6.45, 7) is 13.0. The summed E-state index contributed by atoms with van der Waals surface area (Å²) in [5.41, 5.74) is 0. The quantitative estimate of drug-likeness (QED) is 0.756. The lowest BCUT2D eigenvalue weighted by molar-refractivity contribution is 0.00904. The van der Waals surface area contributed by atoms with Gasteiger partial charge in [-0.2, -0.15) is 0 Å². The molecule has 1 saturated heterocycles. The van der Waals surface area contributed by atoms with Crippen LogP contribution in [0.15, 0.2) is 0 Å². The molecule has 1 aliphatic rings. The van der Waals surface area contributed by atoms with Gasteiger partial charge in [0.15, 0.2) is 0 Å². The van der Waals surface area contributed by atoms with Crippen LogP contribution >= 0.6 is 0 Å². The lowest BCUT2D eigenvalue weighted by Crippen LogP contribution is -2.58. The highest BCUT2D eigenvalue weighted by atomic mass is 16.3. The Morgan fingerprint density at radius 2 is 1.80 bits per heavy atom. The first-order valence-electron chi connectivity index (χ1n) is 6.13. The van der Waals surface area contributed by atoms with E-state index in [4.69, 9.17) is 0 Å². The Bertz CT molecular complexity index is 162. The van der Waals surface area contributed by atoms with Crippen molar-refractivity contribution in [3.63, 3.8) is 0 Å². The molecule has 15 heavy (non-hydrogen) atoms. The van der Waals surface area contributed by atoms with Crippen LogP contribution in [0, 0.1) is 0 Å². The monoisotopic (exact) mass is 216 g/mol. The van der Waals surface area contributed by atoms with Crippen molar-refractivity contribution in [2.24, 2.45) is 0 Å². The van der Waals surface area contributed by atoms with Crippen LogP contribution in [-0.4, -0.2) is 59.8 Å². The third-order valence-corrected chi connectivity index (χ3v) is 3.04. The third-order valence-electron chi connectivity index (χ3n) is 3.04. The van der Waals surface area contributed by atoms with Gasteiger partial charge in [-0.25, -0.2) is 0 Å². The van der Waals surface area contributed by atoms with E-state index in [1.54, 1.807) is 0 Å². The van der Waals surface area contributed by atoms with E-state index in [1.165, 1.54) is 0 Å². The number of hydrogen-bond acceptors (Lipinski definition) is 3. The van der Waals surface area contributed by atoms with Crippen LogP contribution in [0.4, 0.5) is 0 Å². The number of hydrogen-bond donors (Lipinski definition) is 1. The molecule has 0 radical (unpaired) electrons. The molecule has 0 bridgehead atoms. The third kappa shape index (κ3) is 4.09. The number of piperazine rings is 1. The maximum absolute atomic E-state index is 9.18. The molecule has 0 spiro atoms. The maximum Gasteiger partial charge on any atom is 0.0599 e. The smallest absolute Gasteiger partial charge is 0.0599 e. The van der Waals surface area contributed by atoms with E-state index in [-0.39, 0.29) is 6.61 Å². The van der Waals surface area contributed by atoms with Crippen LogP contribution in [-0.2, 0) is 0 Å². The van der Waals surface area contributed by atoms with Crippen molar-refractivity contribution in [1.29, 1.82) is 0 Å². The number of aliphatic hydroxyl groups is 1. The minimum atomic E-state index is 0.270. The van der Waals surface area contributed by atoms with E-state index in [2.05, 4.69) is 37.6 Å². The zero-order chi connectivity index (χ0) is 12.0. The minimum Gasteiger partial charge on any atom is -0.395 e. The molecule has 92 valence electrons. The molecular formula is C12H28N2O. The van der Waals surface area contributed by atoms with Crippen LogP contribution in [0.2, 0.25) is 0 Å². The van der Waals surface area contributed by atoms with Crippen LogP contribution in [0.5, 0.6) is 0 Å². The summed E-state index contributed by atoms with van der Waals surface area (Å²) < 4.78 is 0. The summed E-state index contributed by atoms with van der Waals surface area (Å²) in [6.07, 6.45) is 0. The summed E-state index contributed by atoms with van der Waals surface area (Å²) in [4.78, 5) is 4.71. The first kappa shape index (κ1) is 14.9. The fraction of sp³-hybridized carbons (Fsp3) is 1.00. The molecule has 1 aliphatic heterocycles. The van der Waals surface area contributed by atoms with E-state index < -0.39 is 0 Å². The van der Waals surface area contributed by atoms with Gasteiger partial charge in [0.25, 0.3) is 0 Å². The standard InChI is InChI=1S/C10H22N2O.C2H6/c1-8(2)12-6-10(7-13)11(4)5-9(12)3;1-2/h8-10,13H,5-7H2,1-4H3;1-2H3/t9?,10-;/m1./s1. The van der Waals surface area contributed by atoms with Gasteiger partial charge in [-0.05, 0) is 27.8 Å². The molecule has 1 N–H and O–H groups in total. The Balaban J connectivity index is 0.000000921. The Morgan fingerprint density at radius 1 is 1.27 bits per heavy atom. The molecule has 0 aliphatic carbocycles. The molecule has 0 aromatic carbocycles. The fourth-order valence-electron chi connectivity index (χ4n) is 2.15. The van der Waals surface area contributed by atoms with Crippen molar-refractivity contribution < 1.29 is 5.11 Å². The topological polar surface area (TPSA) is 26.7 Å². The predicted octanol–water partition coefficient (Wildman–Crippen LogP) is 1.42. The Hall–Kier alpha value is -0.120. The van der Waals surface area contributed by atoms with Crippen molar-refractivity contribution in [1.82, 2.24) is 9.80 Å². The van der Waals surface area contributed by atoms with Gasteiger partial charge < -0.3 is 5.11 Å². The van der Waals surface area contributed by atoms with Gasteiger partial charge in [0.2, 0.25) is 0 Å². The molecule has 0 aromatic heterocycles. The Morgan fingerprint density at radius 3 is 2.20 bits per heavy atom. The Kier molecular flexibility index (Phi) is 7.14. The average molecular weight is 216 g/mol. The molecule has 1 unspecified atom stereocenters. The normalized spacial score (nSPS) is 28.8.